The predicted octanol–water partition coefficient (Wildman–Crippen LogP) is -0.821. The molecule has 1 heterocycles. The van der Waals surface area contributed by atoms with E-state index in [1.807, 2.05) is 0 Å². The minimum atomic E-state index is -4.95. The Morgan fingerprint density at radius 2 is 1.21 bits per heavy atom. The van der Waals surface area contributed by atoms with Crippen LogP contribution in [0.3, 0.4) is 0 Å². The van der Waals surface area contributed by atoms with Crippen molar-refractivity contribution in [2.24, 2.45) is 0 Å². The van der Waals surface area contributed by atoms with Crippen molar-refractivity contribution >= 4 is 31.7 Å². The summed E-state index contributed by atoms with van der Waals surface area (Å²) in [4.78, 5) is 63.6. The zero-order valence-electron chi connectivity index (χ0n) is 15.4. The molecule has 1 fully saturated rings. The number of phosphoric ester groups is 1. The summed E-state index contributed by atoms with van der Waals surface area (Å²) in [5.41, 5.74) is 0. The summed E-state index contributed by atoms with van der Waals surface area (Å²) in [6.07, 6.45) is -7.63. The minimum absolute atomic E-state index is 0.829. The summed E-state index contributed by atoms with van der Waals surface area (Å²) in [6.45, 7) is 3.26. The van der Waals surface area contributed by atoms with Crippen molar-refractivity contribution in [1.82, 2.24) is 0 Å². The first-order valence-corrected chi connectivity index (χ1v) is 9.37. The standard InChI is InChI=1S/C14H21O13P/c1-6(15)23-11-10(5-22-28(19,20)21)27-14(26-9(4)18)13(25-8(3)17)12(11)24-7(2)16/h10-14H,5H2,1-4H3,(H2,19,20,21)/t10-,11-,12+,13-,14+/m1/s1. The van der Waals surface area contributed by atoms with Crippen molar-refractivity contribution in [2.45, 2.75) is 58.4 Å². The maximum Gasteiger partial charge on any atom is 0.469 e. The third-order valence-electron chi connectivity index (χ3n) is 3.19. The van der Waals surface area contributed by atoms with Gasteiger partial charge in [-0.1, -0.05) is 0 Å². The average Bonchev–Trinajstić information content (AvgIpc) is 2.48. The van der Waals surface area contributed by atoms with Gasteiger partial charge in [-0.15, -0.1) is 0 Å². The number of ether oxygens (including phenoxy) is 5. The molecular formula is C14H21O13P. The number of hydrogen-bond acceptors (Lipinski definition) is 11. The van der Waals surface area contributed by atoms with Gasteiger partial charge < -0.3 is 33.5 Å². The zero-order valence-corrected chi connectivity index (χ0v) is 16.3. The Morgan fingerprint density at radius 3 is 1.64 bits per heavy atom. The van der Waals surface area contributed by atoms with E-state index in [9.17, 15) is 23.7 Å². The van der Waals surface area contributed by atoms with E-state index in [0.29, 0.717) is 0 Å². The molecule has 1 aliphatic rings. The molecule has 1 aliphatic heterocycles. The molecule has 0 radical (unpaired) electrons. The van der Waals surface area contributed by atoms with Crippen molar-refractivity contribution in [3.8, 4) is 0 Å². The summed E-state index contributed by atoms with van der Waals surface area (Å²) in [5.74, 6) is -3.43. The van der Waals surface area contributed by atoms with Crippen molar-refractivity contribution in [1.29, 1.82) is 0 Å². The van der Waals surface area contributed by atoms with Crippen molar-refractivity contribution in [2.75, 3.05) is 6.61 Å². The van der Waals surface area contributed by atoms with Crippen LogP contribution in [0.5, 0.6) is 0 Å². The number of hydrogen-bond donors (Lipinski definition) is 2. The first-order chi connectivity index (χ1) is 12.8. The first kappa shape index (κ1) is 24.0. The van der Waals surface area contributed by atoms with E-state index in [1.165, 1.54) is 0 Å². The van der Waals surface area contributed by atoms with Gasteiger partial charge in [0, 0.05) is 27.7 Å². The first-order valence-electron chi connectivity index (χ1n) is 7.84. The van der Waals surface area contributed by atoms with Crippen LogP contribution in [0.4, 0.5) is 0 Å². The van der Waals surface area contributed by atoms with E-state index in [2.05, 4.69) is 4.52 Å². The maximum absolute atomic E-state index is 11.5. The van der Waals surface area contributed by atoms with Gasteiger partial charge in [-0.3, -0.25) is 23.7 Å². The van der Waals surface area contributed by atoms with Gasteiger partial charge in [0.1, 0.15) is 6.10 Å². The molecule has 0 aromatic carbocycles. The van der Waals surface area contributed by atoms with E-state index < -0.39 is 69.0 Å². The molecule has 1 saturated heterocycles. The second kappa shape index (κ2) is 9.94. The quantitative estimate of drug-likeness (QED) is 0.292. The third-order valence-corrected chi connectivity index (χ3v) is 3.67. The summed E-state index contributed by atoms with van der Waals surface area (Å²) >= 11 is 0. The molecule has 5 atom stereocenters. The van der Waals surface area contributed by atoms with E-state index in [0.717, 1.165) is 27.7 Å². The Morgan fingerprint density at radius 1 is 0.786 bits per heavy atom. The Hall–Kier alpha value is -2.05. The number of esters is 4. The third kappa shape index (κ3) is 7.90. The minimum Gasteiger partial charge on any atom is -0.456 e. The topological polar surface area (TPSA) is 181 Å². The van der Waals surface area contributed by atoms with Crippen LogP contribution in [0, 0.1) is 0 Å². The molecule has 2 N–H and O–H groups in total. The Labute approximate surface area is 159 Å². The monoisotopic (exact) mass is 428 g/mol. The van der Waals surface area contributed by atoms with Gasteiger partial charge >= 0.3 is 31.7 Å². The van der Waals surface area contributed by atoms with Gasteiger partial charge in [0.15, 0.2) is 12.2 Å². The highest BCUT2D eigenvalue weighted by atomic mass is 31.2. The zero-order chi connectivity index (χ0) is 21.6. The van der Waals surface area contributed by atoms with Gasteiger partial charge in [-0.25, -0.2) is 4.57 Å². The lowest BCUT2D eigenvalue weighted by molar-refractivity contribution is -0.299. The number of carbonyl (C=O) groups excluding carboxylic acids is 4. The fourth-order valence-electron chi connectivity index (χ4n) is 2.42. The molecule has 160 valence electrons. The molecular weight excluding hydrogens is 407 g/mol. The van der Waals surface area contributed by atoms with Crippen LogP contribution in [0.25, 0.3) is 0 Å². The van der Waals surface area contributed by atoms with E-state index >= 15 is 0 Å². The molecule has 1 rings (SSSR count). The SMILES string of the molecule is CC(=O)O[C@H]1O[C@H](COP(=O)(O)O)[C@@H](OC(C)=O)[C@H](OC(C)=O)[C@H]1OC(C)=O. The fourth-order valence-corrected chi connectivity index (χ4v) is 2.76. The lowest BCUT2D eigenvalue weighted by Gasteiger charge is -2.43. The molecule has 14 heteroatoms. The smallest absolute Gasteiger partial charge is 0.456 e. The van der Waals surface area contributed by atoms with Crippen molar-refractivity contribution in [3.05, 3.63) is 0 Å². The van der Waals surface area contributed by atoms with Crippen LogP contribution in [0.2, 0.25) is 0 Å². The summed E-state index contributed by atoms with van der Waals surface area (Å²) < 4.78 is 40.8. The van der Waals surface area contributed by atoms with Crippen LogP contribution in [-0.2, 0) is 52.0 Å². The summed E-state index contributed by atoms with van der Waals surface area (Å²) in [5, 5.41) is 0. The normalized spacial score (nSPS) is 27.4. The molecule has 0 bridgehead atoms. The molecule has 0 amide bonds. The van der Waals surface area contributed by atoms with E-state index in [-0.39, 0.29) is 0 Å². The lowest BCUT2D eigenvalue weighted by atomic mass is 9.98. The largest absolute Gasteiger partial charge is 0.469 e. The van der Waals surface area contributed by atoms with Crippen LogP contribution >= 0.6 is 7.82 Å². The molecule has 0 saturated carbocycles. The molecule has 0 aromatic rings. The van der Waals surface area contributed by atoms with Crippen LogP contribution in [0.1, 0.15) is 27.7 Å². The number of rotatable bonds is 7. The van der Waals surface area contributed by atoms with Gasteiger partial charge in [0.2, 0.25) is 12.4 Å². The second-order valence-electron chi connectivity index (χ2n) is 5.66. The van der Waals surface area contributed by atoms with Crippen molar-refractivity contribution in [3.63, 3.8) is 0 Å². The molecule has 0 spiro atoms. The highest BCUT2D eigenvalue weighted by molar-refractivity contribution is 7.46. The Bertz CT molecular complexity index is 656. The van der Waals surface area contributed by atoms with Gasteiger partial charge in [-0.2, -0.15) is 0 Å². The van der Waals surface area contributed by atoms with E-state index in [4.69, 9.17) is 33.5 Å². The lowest BCUT2D eigenvalue weighted by Crippen LogP contribution is -2.63. The highest BCUT2D eigenvalue weighted by Gasteiger charge is 2.53. The predicted molar refractivity (Wildman–Crippen MR) is 85.1 cm³/mol. The average molecular weight is 428 g/mol. The Kier molecular flexibility index (Phi) is 8.51. The van der Waals surface area contributed by atoms with Crippen LogP contribution in [-0.4, -0.2) is 71.0 Å². The molecule has 13 nitrogen and oxygen atoms in total. The van der Waals surface area contributed by atoms with Crippen molar-refractivity contribution < 1.29 is 61.7 Å². The summed E-state index contributed by atoms with van der Waals surface area (Å²) in [6, 6.07) is 0. The molecule has 0 aromatic heterocycles. The van der Waals surface area contributed by atoms with Crippen LogP contribution in [0.15, 0.2) is 0 Å². The van der Waals surface area contributed by atoms with Crippen LogP contribution < -0.4 is 0 Å². The molecule has 28 heavy (non-hydrogen) atoms. The maximum atomic E-state index is 11.5. The number of carbonyl (C=O) groups is 4. The second-order valence-corrected chi connectivity index (χ2v) is 6.90. The van der Waals surface area contributed by atoms with E-state index in [1.54, 1.807) is 0 Å². The fraction of sp³-hybridized carbons (Fsp3) is 0.714. The Balaban J connectivity index is 3.31. The van der Waals surface area contributed by atoms with Gasteiger partial charge in [0.05, 0.1) is 6.61 Å². The van der Waals surface area contributed by atoms with Gasteiger partial charge in [0.25, 0.3) is 0 Å². The highest BCUT2D eigenvalue weighted by Crippen LogP contribution is 2.38. The molecule has 0 unspecified atom stereocenters. The number of phosphoric acid groups is 1. The summed E-state index contributed by atoms with van der Waals surface area (Å²) in [7, 11) is -4.95. The molecule has 0 aliphatic carbocycles. The van der Waals surface area contributed by atoms with Gasteiger partial charge in [-0.05, 0) is 0 Å².